The van der Waals surface area contributed by atoms with Crippen molar-refractivity contribution in [3.63, 3.8) is 0 Å². The molecule has 0 aliphatic carbocycles. The number of likely N-dealkylation sites (tertiary alicyclic amines) is 1. The van der Waals surface area contributed by atoms with Crippen molar-refractivity contribution in [1.29, 1.82) is 0 Å². The third-order valence-corrected chi connectivity index (χ3v) is 18.7. The van der Waals surface area contributed by atoms with E-state index in [0.717, 1.165) is 35.8 Å². The monoisotopic (exact) mass is 1360 g/mol. The molecule has 5 N–H and O–H groups in total. The van der Waals surface area contributed by atoms with Gasteiger partial charge in [0.1, 0.15) is 66.5 Å². The van der Waals surface area contributed by atoms with Gasteiger partial charge in [-0.15, -0.1) is 0 Å². The van der Waals surface area contributed by atoms with Crippen LogP contribution in [-0.4, -0.2) is 275 Å². The molecule has 0 spiro atoms. The van der Waals surface area contributed by atoms with Gasteiger partial charge in [0, 0.05) is 82.3 Å². The number of amides is 13. The average Bonchev–Trinajstić information content (AvgIpc) is 0.824. The molecule has 2 saturated heterocycles. The van der Waals surface area contributed by atoms with Gasteiger partial charge in [-0.05, 0) is 95.6 Å². The van der Waals surface area contributed by atoms with Crippen LogP contribution in [0.5, 0.6) is 0 Å². The Morgan fingerprint density at radius 2 is 0.938 bits per heavy atom. The highest BCUT2D eigenvalue weighted by Gasteiger charge is 2.44. The van der Waals surface area contributed by atoms with Crippen LogP contribution in [0.1, 0.15) is 126 Å². The van der Waals surface area contributed by atoms with E-state index in [1.54, 1.807) is 79.4 Å². The van der Waals surface area contributed by atoms with Gasteiger partial charge in [-0.3, -0.25) is 62.3 Å². The van der Waals surface area contributed by atoms with Crippen LogP contribution >= 0.6 is 0 Å². The maximum absolute atomic E-state index is 15.4. The zero-order valence-corrected chi connectivity index (χ0v) is 60.5. The molecule has 13 amide bonds. The number of piperidine rings is 1. The lowest BCUT2D eigenvalue weighted by molar-refractivity contribution is -0.152. The van der Waals surface area contributed by atoms with Crippen LogP contribution < -0.4 is 21.3 Å². The van der Waals surface area contributed by atoms with Crippen molar-refractivity contribution in [1.82, 2.24) is 65.4 Å². The molecule has 4 rings (SSSR count). The second-order valence-electron chi connectivity index (χ2n) is 27.5. The minimum absolute atomic E-state index is 0.0426. The summed E-state index contributed by atoms with van der Waals surface area (Å²) in [4.78, 5) is 200. The lowest BCUT2D eigenvalue weighted by Gasteiger charge is -2.38. The van der Waals surface area contributed by atoms with Crippen molar-refractivity contribution in [2.45, 2.75) is 200 Å². The Labute approximate surface area is 573 Å². The molecule has 2 aliphatic rings. The van der Waals surface area contributed by atoms with Crippen LogP contribution in [0.4, 0.5) is 0 Å². The molecule has 538 valence electrons. The largest absolute Gasteiger partial charge is 0.391 e. The quantitative estimate of drug-likeness (QED) is 0.212. The fraction of sp³-hybridized carbons (Fsp3) is 0.643. The summed E-state index contributed by atoms with van der Waals surface area (Å²) in [6, 6.07) is 2.91. The lowest BCUT2D eigenvalue weighted by atomic mass is 9.96. The van der Waals surface area contributed by atoms with Crippen molar-refractivity contribution in [2.75, 3.05) is 76.0 Å². The van der Waals surface area contributed by atoms with E-state index in [9.17, 15) is 53.1 Å². The van der Waals surface area contributed by atoms with Crippen LogP contribution in [0, 0.1) is 17.8 Å². The molecule has 12 atom stereocenters. The number of nitrogens with one attached hydrogen (secondary N) is 4. The summed E-state index contributed by atoms with van der Waals surface area (Å²) >= 11 is 0. The first-order valence-corrected chi connectivity index (χ1v) is 33.7. The Bertz CT molecular complexity index is 3090. The van der Waals surface area contributed by atoms with Gasteiger partial charge in [-0.25, -0.2) is 0 Å². The Kier molecular flexibility index (Phi) is 30.7. The standard InChI is InChI=1S/C70H109N13O14/c1-41(2)35-51-67(94)82(19)59(43(5)6)62(89)74-58(48(11)84)70(97)78(15)45(8)64(91)75(12)40-56(85)71-44(7)63(90)77(14)47(10)66(93)79(16)54(37-49-29-23-20-24-30-49)61(88)73-52(68(95)83-33-27-22-28-34-83)39-57(86)76(13)46(9)65(92)81(18)55(38-50-31-25-21-26-32-50)69(96)80(17)53(36-42(3)4)60(87)72-51/h20-21,23-26,29-32,41-48,51-55,58-59,84H,22,27-28,33-40H2,1-19H3,(H,71,85)(H,72,87)(H,73,88)(H,74,89)/t44-,45-,46+,47-,48+,51-,52-,53-,54-,55-,58-,59-/m0/s1. The maximum Gasteiger partial charge on any atom is 0.248 e. The summed E-state index contributed by atoms with van der Waals surface area (Å²) in [5.74, 6) is -10.6. The van der Waals surface area contributed by atoms with E-state index >= 15 is 14.4 Å². The van der Waals surface area contributed by atoms with E-state index in [1.807, 2.05) is 27.7 Å². The number of aliphatic hydroxyl groups is 1. The maximum atomic E-state index is 15.4. The lowest BCUT2D eigenvalue weighted by Crippen LogP contribution is -2.62. The molecule has 2 aromatic carbocycles. The van der Waals surface area contributed by atoms with Gasteiger partial charge >= 0.3 is 0 Å². The number of carbonyl (C=O) groups excluding carboxylic acids is 13. The number of aliphatic hydroxyl groups excluding tert-OH is 1. The molecular weight excluding hydrogens is 1250 g/mol. The molecule has 2 aromatic rings. The number of rotatable bonds is 11. The first-order chi connectivity index (χ1) is 45.3. The zero-order valence-electron chi connectivity index (χ0n) is 60.5. The highest BCUT2D eigenvalue weighted by atomic mass is 16.3. The minimum atomic E-state index is -1.66. The van der Waals surface area contributed by atoms with Crippen molar-refractivity contribution in [2.24, 2.45) is 17.8 Å². The predicted molar refractivity (Wildman–Crippen MR) is 365 cm³/mol. The average molecular weight is 1360 g/mol. The number of hydrogen-bond acceptors (Lipinski definition) is 14. The van der Waals surface area contributed by atoms with E-state index in [2.05, 4.69) is 21.3 Å². The molecule has 97 heavy (non-hydrogen) atoms. The first kappa shape index (κ1) is 80.9. The molecule has 27 heteroatoms. The molecule has 27 nitrogen and oxygen atoms in total. The highest BCUT2D eigenvalue weighted by molar-refractivity contribution is 6.00. The van der Waals surface area contributed by atoms with Crippen LogP contribution in [-0.2, 0) is 75.2 Å². The summed E-state index contributed by atoms with van der Waals surface area (Å²) < 4.78 is 0. The van der Waals surface area contributed by atoms with Crippen molar-refractivity contribution < 1.29 is 67.4 Å². The summed E-state index contributed by atoms with van der Waals surface area (Å²) in [7, 11) is 10.9. The van der Waals surface area contributed by atoms with Crippen LogP contribution in [0.25, 0.3) is 0 Å². The molecule has 2 aliphatic heterocycles. The van der Waals surface area contributed by atoms with E-state index in [0.29, 0.717) is 37.1 Å². The third kappa shape index (κ3) is 21.8. The Balaban J connectivity index is 1.89. The van der Waals surface area contributed by atoms with E-state index in [-0.39, 0.29) is 37.5 Å². The Morgan fingerprint density at radius 3 is 1.44 bits per heavy atom. The highest BCUT2D eigenvalue weighted by Crippen LogP contribution is 2.23. The van der Waals surface area contributed by atoms with Gasteiger partial charge in [-0.2, -0.15) is 0 Å². The normalized spacial score (nSPS) is 26.6. The summed E-state index contributed by atoms with van der Waals surface area (Å²) in [6.45, 7) is 17.7. The zero-order chi connectivity index (χ0) is 73.2. The van der Waals surface area contributed by atoms with Gasteiger partial charge in [0.05, 0.1) is 19.1 Å². The number of benzene rings is 2. The van der Waals surface area contributed by atoms with Gasteiger partial charge in [0.2, 0.25) is 76.8 Å². The van der Waals surface area contributed by atoms with Gasteiger partial charge in [-0.1, -0.05) is 102 Å². The summed E-state index contributed by atoms with van der Waals surface area (Å²) in [6.07, 6.45) is 0.0590. The molecular formula is C70H109N13O14. The van der Waals surface area contributed by atoms with Crippen molar-refractivity contribution >= 4 is 76.8 Å². The second-order valence-corrected chi connectivity index (χ2v) is 27.5. The predicted octanol–water partition coefficient (Wildman–Crippen LogP) is 1.28. The number of nitrogens with zero attached hydrogens (tertiary/aromatic N) is 9. The molecule has 0 radical (unpaired) electrons. The Morgan fingerprint density at radius 1 is 0.474 bits per heavy atom. The van der Waals surface area contributed by atoms with E-state index in [1.165, 1.54) is 101 Å². The second kappa shape index (κ2) is 36.7. The van der Waals surface area contributed by atoms with E-state index < -0.39 is 168 Å². The number of likely N-dealkylation sites (N-methyl/N-ethyl adjacent to an activating group) is 8. The molecule has 0 bridgehead atoms. The van der Waals surface area contributed by atoms with Crippen LogP contribution in [0.15, 0.2) is 60.7 Å². The minimum Gasteiger partial charge on any atom is -0.391 e. The van der Waals surface area contributed by atoms with Crippen LogP contribution in [0.3, 0.4) is 0 Å². The molecule has 2 heterocycles. The third-order valence-electron chi connectivity index (χ3n) is 18.7. The molecule has 0 aromatic heterocycles. The smallest absolute Gasteiger partial charge is 0.248 e. The Hall–Kier alpha value is -8.49. The van der Waals surface area contributed by atoms with Crippen LogP contribution in [0.2, 0.25) is 0 Å². The number of carbonyl (C=O) groups is 13. The van der Waals surface area contributed by atoms with Gasteiger partial charge in [0.15, 0.2) is 0 Å². The molecule has 0 saturated carbocycles. The number of hydrogen-bond donors (Lipinski definition) is 5. The fourth-order valence-corrected chi connectivity index (χ4v) is 12.2. The fourth-order valence-electron chi connectivity index (χ4n) is 12.2. The summed E-state index contributed by atoms with van der Waals surface area (Å²) in [5, 5.41) is 21.9. The van der Waals surface area contributed by atoms with Gasteiger partial charge < -0.3 is 70.5 Å². The van der Waals surface area contributed by atoms with Crippen molar-refractivity contribution in [3.8, 4) is 0 Å². The van der Waals surface area contributed by atoms with E-state index in [4.69, 9.17) is 0 Å². The van der Waals surface area contributed by atoms with Gasteiger partial charge in [0.25, 0.3) is 0 Å². The SMILES string of the molecule is CC(C)C[C@@H]1NC(=O)[C@H](CC(C)C)N(C)C(=O)[C@H](Cc2ccccc2)N(C)C(=O)[C@@H](C)N(C)C(=O)C[C@@H](C(=O)N2CCCCC2)NC(=O)[C@H](Cc2ccccc2)N(C)C(=O)[C@H](C)N(C)C(=O)[C@H](C)NC(=O)CN(C)C(=O)[C@H](C)N(C)C(=O)[C@H]([C@@H](C)O)NC(=O)[C@H](C(C)C)N(C)C1=O. The molecule has 0 unspecified atom stereocenters. The van der Waals surface area contributed by atoms with Crippen molar-refractivity contribution in [3.05, 3.63) is 71.8 Å². The summed E-state index contributed by atoms with van der Waals surface area (Å²) in [5.41, 5.74) is 1.28. The first-order valence-electron chi connectivity index (χ1n) is 33.7. The topological polar surface area (TPSA) is 319 Å². The molecule has 2 fully saturated rings.